The maximum atomic E-state index is 5.11. The number of ether oxygens (including phenoxy) is 1. The van der Waals surface area contributed by atoms with Crippen molar-refractivity contribution in [1.29, 1.82) is 0 Å². The average molecular weight is 284 g/mol. The molecule has 0 spiro atoms. The van der Waals surface area contributed by atoms with Crippen molar-refractivity contribution in [2.45, 2.75) is 32.7 Å². The third kappa shape index (κ3) is 4.57. The summed E-state index contributed by atoms with van der Waals surface area (Å²) in [5, 5.41) is 3.58. The molecule has 0 aliphatic heterocycles. The first kappa shape index (κ1) is 15.5. The van der Waals surface area contributed by atoms with Crippen LogP contribution in [0.4, 0.5) is 0 Å². The topological polar surface area (TPSA) is 34.1 Å². The molecule has 2 aromatic rings. The van der Waals surface area contributed by atoms with Crippen LogP contribution in [0.25, 0.3) is 0 Å². The number of aryl methyl sites for hydroxylation is 1. The van der Waals surface area contributed by atoms with Crippen LogP contribution in [0.2, 0.25) is 0 Å². The van der Waals surface area contributed by atoms with E-state index in [-0.39, 0.29) is 0 Å². The minimum atomic E-state index is 0.422. The molecule has 112 valence electrons. The molecule has 0 fully saturated rings. The van der Waals surface area contributed by atoms with E-state index in [0.717, 1.165) is 19.4 Å². The Balaban J connectivity index is 2.06. The smallest absolute Gasteiger partial charge is 0.212 e. The van der Waals surface area contributed by atoms with Gasteiger partial charge in [0.15, 0.2) is 0 Å². The molecule has 0 amide bonds. The Bertz CT molecular complexity index is 551. The molecule has 1 heterocycles. The molecule has 0 saturated heterocycles. The van der Waals surface area contributed by atoms with Gasteiger partial charge in [0.1, 0.15) is 0 Å². The highest BCUT2D eigenvalue weighted by molar-refractivity contribution is 5.27. The summed E-state index contributed by atoms with van der Waals surface area (Å²) in [6.07, 6.45) is 3.91. The Kier molecular flexibility index (Phi) is 5.76. The highest BCUT2D eigenvalue weighted by atomic mass is 16.5. The molecule has 1 N–H and O–H groups in total. The predicted molar refractivity (Wildman–Crippen MR) is 86.8 cm³/mol. The van der Waals surface area contributed by atoms with E-state index in [4.69, 9.17) is 4.74 Å². The molecular formula is C18H24N2O. The van der Waals surface area contributed by atoms with E-state index in [1.807, 2.05) is 12.3 Å². The van der Waals surface area contributed by atoms with Crippen molar-refractivity contribution in [1.82, 2.24) is 10.3 Å². The van der Waals surface area contributed by atoms with Gasteiger partial charge in [-0.2, -0.15) is 0 Å². The Hall–Kier alpha value is -1.87. The van der Waals surface area contributed by atoms with Crippen LogP contribution in [-0.2, 0) is 12.8 Å². The van der Waals surface area contributed by atoms with Crippen molar-refractivity contribution in [3.63, 3.8) is 0 Å². The van der Waals surface area contributed by atoms with Gasteiger partial charge in [-0.1, -0.05) is 37.3 Å². The average Bonchev–Trinajstić information content (AvgIpc) is 2.50. The lowest BCUT2D eigenvalue weighted by molar-refractivity contribution is 0.397. The lowest BCUT2D eigenvalue weighted by Gasteiger charge is -2.19. The summed E-state index contributed by atoms with van der Waals surface area (Å²) >= 11 is 0. The standard InChI is InChI=1S/C18H24N2O/c1-4-19-17(12-16-8-6-5-7-14(16)2)11-15-9-10-18(21-3)20-13-15/h5-10,13,17,19H,4,11-12H2,1-3H3. The molecule has 0 aliphatic rings. The zero-order valence-electron chi connectivity index (χ0n) is 13.1. The molecule has 1 aromatic carbocycles. The molecule has 0 bridgehead atoms. The number of aromatic nitrogens is 1. The monoisotopic (exact) mass is 284 g/mol. The van der Waals surface area contributed by atoms with E-state index in [9.17, 15) is 0 Å². The van der Waals surface area contributed by atoms with Gasteiger partial charge in [0.05, 0.1) is 7.11 Å². The van der Waals surface area contributed by atoms with Crippen LogP contribution in [0.1, 0.15) is 23.6 Å². The van der Waals surface area contributed by atoms with Crippen LogP contribution in [0.3, 0.4) is 0 Å². The second-order valence-electron chi connectivity index (χ2n) is 5.30. The summed E-state index contributed by atoms with van der Waals surface area (Å²) in [5.74, 6) is 0.664. The first-order valence-electron chi connectivity index (χ1n) is 7.49. The Morgan fingerprint density at radius 2 is 1.95 bits per heavy atom. The fourth-order valence-corrected chi connectivity index (χ4v) is 2.55. The van der Waals surface area contributed by atoms with Gasteiger partial charge in [0.25, 0.3) is 0 Å². The van der Waals surface area contributed by atoms with Crippen molar-refractivity contribution < 1.29 is 4.74 Å². The lowest BCUT2D eigenvalue weighted by Crippen LogP contribution is -2.33. The minimum Gasteiger partial charge on any atom is -0.481 e. The van der Waals surface area contributed by atoms with E-state index >= 15 is 0 Å². The van der Waals surface area contributed by atoms with Gasteiger partial charge in [0.2, 0.25) is 5.88 Å². The highest BCUT2D eigenvalue weighted by Gasteiger charge is 2.11. The number of nitrogens with one attached hydrogen (secondary N) is 1. The summed E-state index contributed by atoms with van der Waals surface area (Å²) in [6.45, 7) is 5.30. The van der Waals surface area contributed by atoms with Gasteiger partial charge in [-0.25, -0.2) is 4.98 Å². The van der Waals surface area contributed by atoms with Crippen molar-refractivity contribution in [3.05, 3.63) is 59.3 Å². The van der Waals surface area contributed by atoms with Gasteiger partial charge in [0, 0.05) is 18.3 Å². The number of rotatable bonds is 7. The third-order valence-corrected chi connectivity index (χ3v) is 3.71. The fraction of sp³-hybridized carbons (Fsp3) is 0.389. The zero-order chi connectivity index (χ0) is 15.1. The van der Waals surface area contributed by atoms with Gasteiger partial charge in [-0.3, -0.25) is 0 Å². The molecule has 1 unspecified atom stereocenters. The van der Waals surface area contributed by atoms with Crippen molar-refractivity contribution in [2.75, 3.05) is 13.7 Å². The van der Waals surface area contributed by atoms with Crippen LogP contribution in [0.5, 0.6) is 5.88 Å². The second-order valence-corrected chi connectivity index (χ2v) is 5.30. The Morgan fingerprint density at radius 3 is 2.57 bits per heavy atom. The molecular weight excluding hydrogens is 260 g/mol. The summed E-state index contributed by atoms with van der Waals surface area (Å²) in [7, 11) is 1.64. The molecule has 0 aliphatic carbocycles. The Morgan fingerprint density at radius 1 is 1.14 bits per heavy atom. The van der Waals surface area contributed by atoms with E-state index in [1.54, 1.807) is 7.11 Å². The van der Waals surface area contributed by atoms with Crippen LogP contribution in [0.15, 0.2) is 42.6 Å². The van der Waals surface area contributed by atoms with E-state index in [1.165, 1.54) is 16.7 Å². The van der Waals surface area contributed by atoms with E-state index in [2.05, 4.69) is 54.5 Å². The largest absolute Gasteiger partial charge is 0.481 e. The number of pyridine rings is 1. The second kappa shape index (κ2) is 7.79. The maximum absolute atomic E-state index is 5.11. The van der Waals surface area contributed by atoms with Crippen LogP contribution >= 0.6 is 0 Å². The fourth-order valence-electron chi connectivity index (χ4n) is 2.55. The number of nitrogens with zero attached hydrogens (tertiary/aromatic N) is 1. The van der Waals surface area contributed by atoms with Crippen LogP contribution in [-0.4, -0.2) is 24.7 Å². The van der Waals surface area contributed by atoms with E-state index in [0.29, 0.717) is 11.9 Å². The summed E-state index contributed by atoms with van der Waals surface area (Å²) in [5.41, 5.74) is 3.99. The van der Waals surface area contributed by atoms with Crippen molar-refractivity contribution >= 4 is 0 Å². The summed E-state index contributed by atoms with van der Waals surface area (Å²) in [6, 6.07) is 13.0. The SMILES string of the molecule is CCNC(Cc1ccc(OC)nc1)Cc1ccccc1C. The third-order valence-electron chi connectivity index (χ3n) is 3.71. The van der Waals surface area contributed by atoms with Crippen molar-refractivity contribution in [2.24, 2.45) is 0 Å². The predicted octanol–water partition coefficient (Wildman–Crippen LogP) is 3.16. The molecule has 2 rings (SSSR count). The Labute approximate surface area is 127 Å². The quantitative estimate of drug-likeness (QED) is 0.848. The first-order chi connectivity index (χ1) is 10.2. The maximum Gasteiger partial charge on any atom is 0.212 e. The molecule has 3 nitrogen and oxygen atoms in total. The van der Waals surface area contributed by atoms with Crippen molar-refractivity contribution in [3.8, 4) is 5.88 Å². The molecule has 0 saturated carbocycles. The number of hydrogen-bond donors (Lipinski definition) is 1. The number of likely N-dealkylation sites (N-methyl/N-ethyl adjacent to an activating group) is 1. The molecule has 21 heavy (non-hydrogen) atoms. The number of hydrogen-bond acceptors (Lipinski definition) is 3. The molecule has 1 atom stereocenters. The number of benzene rings is 1. The van der Waals surface area contributed by atoms with E-state index < -0.39 is 0 Å². The summed E-state index contributed by atoms with van der Waals surface area (Å²) < 4.78 is 5.11. The van der Waals surface area contributed by atoms with Crippen LogP contribution < -0.4 is 10.1 Å². The summed E-state index contributed by atoms with van der Waals surface area (Å²) in [4.78, 5) is 4.28. The molecule has 1 aromatic heterocycles. The highest BCUT2D eigenvalue weighted by Crippen LogP contribution is 2.14. The van der Waals surface area contributed by atoms with Gasteiger partial charge in [-0.15, -0.1) is 0 Å². The molecule has 3 heteroatoms. The molecule has 0 radical (unpaired) electrons. The normalized spacial score (nSPS) is 12.1. The van der Waals surface area contributed by atoms with Crippen LogP contribution in [0, 0.1) is 6.92 Å². The number of methoxy groups -OCH3 is 1. The lowest BCUT2D eigenvalue weighted by atomic mass is 9.97. The first-order valence-corrected chi connectivity index (χ1v) is 7.49. The van der Waals surface area contributed by atoms with Gasteiger partial charge >= 0.3 is 0 Å². The van der Waals surface area contributed by atoms with Gasteiger partial charge < -0.3 is 10.1 Å². The zero-order valence-corrected chi connectivity index (χ0v) is 13.1. The minimum absolute atomic E-state index is 0.422. The van der Waals surface area contributed by atoms with Gasteiger partial charge in [-0.05, 0) is 43.0 Å².